The zero-order valence-corrected chi connectivity index (χ0v) is 25.1. The Morgan fingerprint density at radius 1 is 0.750 bits per heavy atom. The highest BCUT2D eigenvalue weighted by molar-refractivity contribution is 5.76. The van der Waals surface area contributed by atoms with Crippen molar-refractivity contribution in [1.82, 2.24) is 0 Å². The van der Waals surface area contributed by atoms with E-state index in [2.05, 4.69) is 0 Å². The molecular weight excluding hydrogens is 522 g/mol. The molecule has 11 heteroatoms. The fraction of sp³-hybridized carbons (Fsp3) is 0.655. The third-order valence-electron chi connectivity index (χ3n) is 6.39. The van der Waals surface area contributed by atoms with Gasteiger partial charge >= 0.3 is 24.2 Å². The summed E-state index contributed by atoms with van der Waals surface area (Å²) >= 11 is 0. The molecular formula is C29H45NO10. The molecule has 0 aliphatic carbocycles. The maximum atomic E-state index is 12.5. The van der Waals surface area contributed by atoms with Crippen molar-refractivity contribution in [3.8, 4) is 11.5 Å². The number of esters is 2. The van der Waals surface area contributed by atoms with Crippen LogP contribution in [-0.4, -0.2) is 55.2 Å². The third-order valence-corrected chi connectivity index (χ3v) is 6.39. The minimum Gasteiger partial charge on any atom is -0.461 e. The second-order valence-corrected chi connectivity index (χ2v) is 10.6. The molecule has 0 aliphatic heterocycles. The number of carbonyl (C=O) groups is 4. The molecule has 11 nitrogen and oxygen atoms in total. The van der Waals surface area contributed by atoms with E-state index < -0.39 is 42.6 Å². The molecule has 2 N–H and O–H groups in total. The van der Waals surface area contributed by atoms with Gasteiger partial charge in [-0.1, -0.05) is 47.6 Å². The van der Waals surface area contributed by atoms with Gasteiger partial charge < -0.3 is 34.2 Å². The van der Waals surface area contributed by atoms with E-state index in [1.165, 1.54) is 12.1 Å². The zero-order valence-electron chi connectivity index (χ0n) is 25.1. The van der Waals surface area contributed by atoms with Crippen molar-refractivity contribution >= 4 is 24.2 Å². The van der Waals surface area contributed by atoms with Crippen molar-refractivity contribution in [3.63, 3.8) is 0 Å². The van der Waals surface area contributed by atoms with Crippen molar-refractivity contribution in [2.45, 2.75) is 99.5 Å². The minimum atomic E-state index is -1.07. The Kier molecular flexibility index (Phi) is 14.5. The van der Waals surface area contributed by atoms with Gasteiger partial charge in [0.2, 0.25) is 0 Å². The van der Waals surface area contributed by atoms with Gasteiger partial charge in [0.25, 0.3) is 0 Å². The van der Waals surface area contributed by atoms with Gasteiger partial charge in [0.1, 0.15) is 31.0 Å². The average molecular weight is 568 g/mol. The molecule has 0 aromatic heterocycles. The molecule has 0 bridgehead atoms. The maximum Gasteiger partial charge on any atom is 0.514 e. The maximum absolute atomic E-state index is 12.5. The van der Waals surface area contributed by atoms with Crippen LogP contribution in [0, 0.1) is 17.8 Å². The molecule has 226 valence electrons. The Balaban J connectivity index is 2.95. The summed E-state index contributed by atoms with van der Waals surface area (Å²) in [4.78, 5) is 49.1. The molecule has 0 spiro atoms. The van der Waals surface area contributed by atoms with Crippen LogP contribution in [0.15, 0.2) is 18.2 Å². The predicted octanol–water partition coefficient (Wildman–Crippen LogP) is 5.20. The normalized spacial score (nSPS) is 14.9. The smallest absolute Gasteiger partial charge is 0.461 e. The van der Waals surface area contributed by atoms with Crippen LogP contribution in [0.2, 0.25) is 0 Å². The number of rotatable bonds is 14. The number of hydrogen-bond acceptors (Lipinski definition) is 11. The molecule has 1 aromatic carbocycles. The standard InChI is InChI=1S/C29H45NO10/c1-10-18(6)26(31)36-19(7)15-35-27(32)23(30)13-22-11-12-24(39-28(33)37-20(8)16(2)3)25(14-22)40-29(34)38-21(9)17(4)5/h11-12,14,16-21,23H,10,13,15,30H2,1-9H3/t18?,19-,20?,21?,23-/m0/s1. The van der Waals surface area contributed by atoms with E-state index in [0.29, 0.717) is 12.0 Å². The summed E-state index contributed by atoms with van der Waals surface area (Å²) in [7, 11) is 0. The fourth-order valence-corrected chi connectivity index (χ4v) is 2.81. The molecule has 0 radical (unpaired) electrons. The third kappa shape index (κ3) is 12.2. The van der Waals surface area contributed by atoms with E-state index >= 15 is 0 Å². The van der Waals surface area contributed by atoms with Crippen molar-refractivity contribution in [2.24, 2.45) is 23.5 Å². The molecule has 3 unspecified atom stereocenters. The summed E-state index contributed by atoms with van der Waals surface area (Å²) in [6, 6.07) is 3.31. The monoisotopic (exact) mass is 567 g/mol. The lowest BCUT2D eigenvalue weighted by atomic mass is 10.1. The molecule has 0 aliphatic rings. The molecule has 0 saturated carbocycles. The number of hydrogen-bond donors (Lipinski definition) is 1. The van der Waals surface area contributed by atoms with Crippen molar-refractivity contribution in [2.75, 3.05) is 6.61 Å². The van der Waals surface area contributed by atoms with E-state index in [-0.39, 0.29) is 48.2 Å². The van der Waals surface area contributed by atoms with E-state index in [0.717, 1.165) is 0 Å². The lowest BCUT2D eigenvalue weighted by molar-refractivity contribution is -0.161. The molecule has 1 rings (SSSR count). The van der Waals surface area contributed by atoms with E-state index in [1.54, 1.807) is 33.8 Å². The second-order valence-electron chi connectivity index (χ2n) is 10.6. The molecule has 1 aromatic rings. The highest BCUT2D eigenvalue weighted by Gasteiger charge is 2.24. The molecule has 5 atom stereocenters. The van der Waals surface area contributed by atoms with Gasteiger partial charge in [0.15, 0.2) is 11.5 Å². The lowest BCUT2D eigenvalue weighted by Crippen LogP contribution is -2.36. The summed E-state index contributed by atoms with van der Waals surface area (Å²) in [6.45, 7) is 16.1. The van der Waals surface area contributed by atoms with Gasteiger partial charge in [-0.05, 0) is 63.1 Å². The molecule has 0 heterocycles. The largest absolute Gasteiger partial charge is 0.514 e. The van der Waals surface area contributed by atoms with Crippen molar-refractivity contribution in [3.05, 3.63) is 23.8 Å². The first-order valence-corrected chi connectivity index (χ1v) is 13.7. The molecule has 0 amide bonds. The topological polar surface area (TPSA) is 150 Å². The average Bonchev–Trinajstić information content (AvgIpc) is 2.87. The van der Waals surface area contributed by atoms with Crippen LogP contribution in [0.4, 0.5) is 9.59 Å². The van der Waals surface area contributed by atoms with Gasteiger partial charge in [-0.15, -0.1) is 0 Å². The Bertz CT molecular complexity index is 993. The van der Waals surface area contributed by atoms with Crippen LogP contribution in [0.5, 0.6) is 11.5 Å². The predicted molar refractivity (Wildman–Crippen MR) is 147 cm³/mol. The van der Waals surface area contributed by atoms with Crippen LogP contribution in [0.1, 0.15) is 74.3 Å². The summed E-state index contributed by atoms with van der Waals surface area (Å²) in [5.41, 5.74) is 6.54. The molecule has 0 saturated heterocycles. The first-order valence-electron chi connectivity index (χ1n) is 13.7. The Morgan fingerprint density at radius 2 is 1.27 bits per heavy atom. The van der Waals surface area contributed by atoms with Crippen LogP contribution < -0.4 is 15.2 Å². The van der Waals surface area contributed by atoms with Crippen LogP contribution >= 0.6 is 0 Å². The van der Waals surface area contributed by atoms with E-state index in [9.17, 15) is 19.2 Å². The summed E-state index contributed by atoms with van der Waals surface area (Å²) in [5, 5.41) is 0. The Hall–Kier alpha value is -3.34. The first-order chi connectivity index (χ1) is 18.6. The van der Waals surface area contributed by atoms with Gasteiger partial charge in [0.05, 0.1) is 5.92 Å². The number of nitrogens with two attached hydrogens (primary N) is 1. The number of carbonyl (C=O) groups excluding carboxylic acids is 4. The number of ether oxygens (including phenoxy) is 6. The fourth-order valence-electron chi connectivity index (χ4n) is 2.81. The first kappa shape index (κ1) is 34.7. The van der Waals surface area contributed by atoms with Gasteiger partial charge in [-0.2, -0.15) is 0 Å². The van der Waals surface area contributed by atoms with Crippen LogP contribution in [0.3, 0.4) is 0 Å². The zero-order chi connectivity index (χ0) is 30.6. The van der Waals surface area contributed by atoms with E-state index in [4.69, 9.17) is 34.2 Å². The minimum absolute atomic E-state index is 0.0167. The highest BCUT2D eigenvalue weighted by Crippen LogP contribution is 2.30. The van der Waals surface area contributed by atoms with Gasteiger partial charge in [0, 0.05) is 0 Å². The Morgan fingerprint density at radius 3 is 1.77 bits per heavy atom. The SMILES string of the molecule is CCC(C)C(=O)O[C@@H](C)COC(=O)[C@@H](N)Cc1ccc(OC(=O)OC(C)C(C)C)c(OC(=O)OC(C)C(C)C)c1. The number of benzene rings is 1. The van der Waals surface area contributed by atoms with Crippen molar-refractivity contribution < 1.29 is 47.6 Å². The molecule has 40 heavy (non-hydrogen) atoms. The van der Waals surface area contributed by atoms with Gasteiger partial charge in [-0.3, -0.25) is 9.59 Å². The molecule has 0 fully saturated rings. The summed E-state index contributed by atoms with van der Waals surface area (Å²) in [6.07, 6.45) is -2.76. The highest BCUT2D eigenvalue weighted by atomic mass is 16.8. The van der Waals surface area contributed by atoms with Gasteiger partial charge in [-0.25, -0.2) is 9.59 Å². The summed E-state index contributed by atoms with van der Waals surface area (Å²) in [5.74, 6) is -1.40. The second kappa shape index (κ2) is 16.7. The van der Waals surface area contributed by atoms with Crippen LogP contribution in [0.25, 0.3) is 0 Å². The lowest BCUT2D eigenvalue weighted by Gasteiger charge is -2.19. The van der Waals surface area contributed by atoms with Crippen LogP contribution in [-0.2, 0) is 35.0 Å². The Labute approximate surface area is 236 Å². The summed E-state index contributed by atoms with van der Waals surface area (Å²) < 4.78 is 31.6. The van der Waals surface area contributed by atoms with Crippen molar-refractivity contribution in [1.29, 1.82) is 0 Å². The van der Waals surface area contributed by atoms with E-state index in [1.807, 2.05) is 34.6 Å². The quantitative estimate of drug-likeness (QED) is 0.179.